The van der Waals surface area contributed by atoms with Gasteiger partial charge in [0.25, 0.3) is 0 Å². The molecule has 2 N–H and O–H groups in total. The summed E-state index contributed by atoms with van der Waals surface area (Å²) in [7, 11) is 0. The molecule has 0 fully saturated rings. The van der Waals surface area contributed by atoms with Gasteiger partial charge in [-0.15, -0.1) is 0 Å². The molecule has 6 rings (SSSR count). The van der Waals surface area contributed by atoms with E-state index in [-0.39, 0.29) is 0 Å². The van der Waals surface area contributed by atoms with Crippen LogP contribution in [0.5, 0.6) is 0 Å². The second-order valence-electron chi connectivity index (χ2n) is 10.4. The highest BCUT2D eigenvalue weighted by Crippen LogP contribution is 2.26. The van der Waals surface area contributed by atoms with Crippen molar-refractivity contribution in [3.8, 4) is 33.4 Å². The van der Waals surface area contributed by atoms with E-state index in [0.717, 1.165) is 12.1 Å². The van der Waals surface area contributed by atoms with Crippen LogP contribution in [-0.2, 0) is 6.42 Å². The van der Waals surface area contributed by atoms with E-state index < -0.39 is 0 Å². The molecule has 0 saturated carbocycles. The smallest absolute Gasteiger partial charge is 0.0314 e. The maximum Gasteiger partial charge on any atom is 0.0314 e. The Morgan fingerprint density at radius 2 is 0.881 bits per heavy atom. The normalized spacial score (nSPS) is 11.6. The van der Waals surface area contributed by atoms with Crippen LogP contribution >= 0.6 is 0 Å². The van der Waals surface area contributed by atoms with Gasteiger partial charge >= 0.3 is 0 Å². The van der Waals surface area contributed by atoms with Gasteiger partial charge in [0.2, 0.25) is 0 Å². The summed E-state index contributed by atoms with van der Waals surface area (Å²) in [5, 5.41) is 0. The minimum atomic E-state index is 0.782. The molecule has 0 atom stereocenters. The molecule has 6 aromatic rings. The van der Waals surface area contributed by atoms with Crippen LogP contribution in [0.3, 0.4) is 0 Å². The molecular weight excluding hydrogens is 506 g/mol. The molecule has 0 spiro atoms. The topological polar surface area (TPSA) is 26.0 Å². The summed E-state index contributed by atoms with van der Waals surface area (Å²) in [6.45, 7) is 0. The number of allylic oxidation sites excluding steroid dienone is 3. The van der Waals surface area contributed by atoms with E-state index in [0.29, 0.717) is 0 Å². The van der Waals surface area contributed by atoms with E-state index in [2.05, 4.69) is 164 Å². The number of hydrogen-bond acceptors (Lipinski definition) is 1. The van der Waals surface area contributed by atoms with E-state index >= 15 is 0 Å². The standard InChI is InChI=1S/C41H33N/c42-41-29-27-40(28-30-41)37-21-15-32(16-22-37)14-20-36(39-25-23-38(24-26-39)34-9-5-2-6-10-34)19-13-31-11-17-35(18-12-31)33-7-3-1-4-8-33/h1-13,15-30H,14,42H2/b19-13+,36-20+. The third kappa shape index (κ3) is 6.66. The first-order valence-electron chi connectivity index (χ1n) is 14.4. The van der Waals surface area contributed by atoms with Crippen molar-refractivity contribution in [3.05, 3.63) is 187 Å². The summed E-state index contributed by atoms with van der Waals surface area (Å²) in [5.41, 5.74) is 18.8. The van der Waals surface area contributed by atoms with Crippen molar-refractivity contribution in [1.29, 1.82) is 0 Å². The van der Waals surface area contributed by atoms with Crippen LogP contribution < -0.4 is 5.73 Å². The molecule has 0 aromatic heterocycles. The van der Waals surface area contributed by atoms with E-state index in [9.17, 15) is 0 Å². The van der Waals surface area contributed by atoms with Crippen LogP contribution in [0.2, 0.25) is 0 Å². The van der Waals surface area contributed by atoms with Crippen LogP contribution in [-0.4, -0.2) is 0 Å². The molecule has 202 valence electrons. The molecule has 42 heavy (non-hydrogen) atoms. The molecule has 1 nitrogen and oxygen atoms in total. The van der Waals surface area contributed by atoms with E-state index in [1.54, 1.807) is 0 Å². The summed E-state index contributed by atoms with van der Waals surface area (Å²) < 4.78 is 0. The predicted molar refractivity (Wildman–Crippen MR) is 181 cm³/mol. The minimum absolute atomic E-state index is 0.782. The summed E-state index contributed by atoms with van der Waals surface area (Å²) in [6.07, 6.45) is 7.60. The molecule has 0 unspecified atom stereocenters. The highest BCUT2D eigenvalue weighted by molar-refractivity contribution is 5.81. The summed E-state index contributed by atoms with van der Waals surface area (Å²) >= 11 is 0. The SMILES string of the molecule is Nc1ccc(-c2ccc(C/C=C(\C=C\c3ccc(-c4ccccc4)cc3)c3ccc(-c4ccccc4)cc3)cc2)cc1. The molecular formula is C41H33N. The molecule has 0 aliphatic carbocycles. The molecule has 0 saturated heterocycles. The summed E-state index contributed by atoms with van der Waals surface area (Å²) in [5.74, 6) is 0. The van der Waals surface area contributed by atoms with Gasteiger partial charge in [-0.1, -0.05) is 164 Å². The number of rotatable bonds is 8. The summed E-state index contributed by atoms with van der Waals surface area (Å²) in [6, 6.07) is 55.5. The average Bonchev–Trinajstić information content (AvgIpc) is 3.07. The molecule has 0 heterocycles. The highest BCUT2D eigenvalue weighted by Gasteiger charge is 2.03. The van der Waals surface area contributed by atoms with Crippen LogP contribution in [0.4, 0.5) is 5.69 Å². The molecule has 0 aliphatic rings. The van der Waals surface area contributed by atoms with Gasteiger partial charge in [-0.05, 0) is 74.2 Å². The number of benzene rings is 6. The fourth-order valence-electron chi connectivity index (χ4n) is 5.11. The van der Waals surface area contributed by atoms with E-state index in [4.69, 9.17) is 5.73 Å². The minimum Gasteiger partial charge on any atom is -0.399 e. The third-order valence-corrected chi connectivity index (χ3v) is 7.55. The number of hydrogen-bond donors (Lipinski definition) is 1. The van der Waals surface area contributed by atoms with E-state index in [1.165, 1.54) is 55.6 Å². The van der Waals surface area contributed by atoms with Gasteiger partial charge in [0, 0.05) is 5.69 Å². The Balaban J connectivity index is 1.25. The molecule has 0 amide bonds. The van der Waals surface area contributed by atoms with Gasteiger partial charge in [0.1, 0.15) is 0 Å². The number of anilines is 1. The van der Waals surface area contributed by atoms with Crippen LogP contribution in [0.1, 0.15) is 16.7 Å². The van der Waals surface area contributed by atoms with Crippen LogP contribution in [0, 0.1) is 0 Å². The van der Waals surface area contributed by atoms with Crippen molar-refractivity contribution in [2.24, 2.45) is 0 Å². The largest absolute Gasteiger partial charge is 0.399 e. The van der Waals surface area contributed by atoms with Crippen LogP contribution in [0.25, 0.3) is 45.0 Å². The van der Waals surface area contributed by atoms with Crippen molar-refractivity contribution in [2.75, 3.05) is 5.73 Å². The quantitative estimate of drug-likeness (QED) is 0.151. The Morgan fingerprint density at radius 3 is 1.40 bits per heavy atom. The zero-order valence-corrected chi connectivity index (χ0v) is 23.5. The zero-order chi connectivity index (χ0) is 28.6. The lowest BCUT2D eigenvalue weighted by atomic mass is 9.97. The Morgan fingerprint density at radius 1 is 0.452 bits per heavy atom. The lowest BCUT2D eigenvalue weighted by molar-refractivity contribution is 1.27. The monoisotopic (exact) mass is 539 g/mol. The Labute approximate surface area is 249 Å². The Kier molecular flexibility index (Phi) is 8.20. The van der Waals surface area contributed by atoms with Crippen molar-refractivity contribution < 1.29 is 0 Å². The Hall–Kier alpha value is -5.40. The second kappa shape index (κ2) is 12.8. The van der Waals surface area contributed by atoms with Crippen molar-refractivity contribution in [3.63, 3.8) is 0 Å². The molecule has 0 bridgehead atoms. The molecule has 6 aromatic carbocycles. The maximum absolute atomic E-state index is 5.86. The van der Waals surface area contributed by atoms with Gasteiger partial charge in [-0.25, -0.2) is 0 Å². The Bertz CT molecular complexity index is 1780. The third-order valence-electron chi connectivity index (χ3n) is 7.55. The molecule has 0 aliphatic heterocycles. The predicted octanol–water partition coefficient (Wildman–Crippen LogP) is 10.6. The van der Waals surface area contributed by atoms with E-state index in [1.807, 2.05) is 12.1 Å². The second-order valence-corrected chi connectivity index (χ2v) is 10.4. The van der Waals surface area contributed by atoms with Crippen molar-refractivity contribution >= 4 is 17.3 Å². The average molecular weight is 540 g/mol. The molecule has 0 radical (unpaired) electrons. The first-order chi connectivity index (χ1) is 20.7. The number of nitrogen functional groups attached to an aromatic ring is 1. The van der Waals surface area contributed by atoms with Gasteiger partial charge in [0.15, 0.2) is 0 Å². The fourth-order valence-corrected chi connectivity index (χ4v) is 5.11. The lowest BCUT2D eigenvalue weighted by Crippen LogP contribution is -1.88. The zero-order valence-electron chi connectivity index (χ0n) is 23.5. The number of nitrogens with two attached hydrogens (primary N) is 1. The van der Waals surface area contributed by atoms with Crippen molar-refractivity contribution in [2.45, 2.75) is 6.42 Å². The van der Waals surface area contributed by atoms with Gasteiger partial charge in [-0.3, -0.25) is 0 Å². The van der Waals surface area contributed by atoms with Crippen LogP contribution in [0.15, 0.2) is 170 Å². The maximum atomic E-state index is 5.86. The molecule has 1 heteroatoms. The van der Waals surface area contributed by atoms with Gasteiger partial charge < -0.3 is 5.73 Å². The fraction of sp³-hybridized carbons (Fsp3) is 0.0244. The van der Waals surface area contributed by atoms with Gasteiger partial charge in [0.05, 0.1) is 0 Å². The summed E-state index contributed by atoms with van der Waals surface area (Å²) in [4.78, 5) is 0. The van der Waals surface area contributed by atoms with Crippen molar-refractivity contribution in [1.82, 2.24) is 0 Å². The first kappa shape index (κ1) is 26.8. The first-order valence-corrected chi connectivity index (χ1v) is 14.4. The highest BCUT2D eigenvalue weighted by atomic mass is 14.5. The van der Waals surface area contributed by atoms with Gasteiger partial charge in [-0.2, -0.15) is 0 Å². The lowest BCUT2D eigenvalue weighted by Gasteiger charge is -2.08.